The van der Waals surface area contributed by atoms with Crippen LogP contribution in [0.5, 0.6) is 0 Å². The zero-order chi connectivity index (χ0) is 29.4. The van der Waals surface area contributed by atoms with Gasteiger partial charge in [0.1, 0.15) is 5.82 Å². The maximum Gasteiger partial charge on any atom is 0.417 e. The number of thiophene rings is 1. The lowest BCUT2D eigenvalue weighted by molar-refractivity contribution is -0.136. The summed E-state index contributed by atoms with van der Waals surface area (Å²) in [5.41, 5.74) is 5.75. The molecule has 0 atom stereocenters. The highest BCUT2D eigenvalue weighted by Gasteiger charge is 2.40. The lowest BCUT2D eigenvalue weighted by Crippen LogP contribution is -2.31. The number of aromatic nitrogens is 2. The van der Waals surface area contributed by atoms with Gasteiger partial charge in [-0.25, -0.2) is 13.8 Å². The van der Waals surface area contributed by atoms with Crippen molar-refractivity contribution in [1.29, 1.82) is 0 Å². The van der Waals surface area contributed by atoms with Crippen molar-refractivity contribution in [3.63, 3.8) is 0 Å². The van der Waals surface area contributed by atoms with Gasteiger partial charge in [0.2, 0.25) is 5.91 Å². The number of rotatable bonds is 6. The van der Waals surface area contributed by atoms with Crippen molar-refractivity contribution in [2.75, 3.05) is 18.8 Å². The van der Waals surface area contributed by atoms with Crippen LogP contribution in [-0.4, -0.2) is 45.7 Å². The predicted octanol–water partition coefficient (Wildman–Crippen LogP) is 5.77. The van der Waals surface area contributed by atoms with E-state index in [1.165, 1.54) is 36.7 Å². The van der Waals surface area contributed by atoms with E-state index in [-0.39, 0.29) is 34.6 Å². The lowest BCUT2D eigenvalue weighted by Gasteiger charge is -2.16. The van der Waals surface area contributed by atoms with Crippen molar-refractivity contribution in [2.24, 2.45) is 0 Å². The molecule has 0 aliphatic carbocycles. The van der Waals surface area contributed by atoms with Crippen molar-refractivity contribution in [3.05, 3.63) is 82.5 Å². The molecule has 1 saturated heterocycles. The molecule has 3 aromatic heterocycles. The minimum atomic E-state index is -4.66. The van der Waals surface area contributed by atoms with Crippen molar-refractivity contribution in [2.45, 2.75) is 25.1 Å². The zero-order valence-electron chi connectivity index (χ0n) is 21.2. The zero-order valence-corrected chi connectivity index (χ0v) is 22.0. The molecule has 0 spiro atoms. The molecule has 7 nitrogen and oxygen atoms in total. The Balaban J connectivity index is 1.34. The third-order valence-corrected chi connectivity index (χ3v) is 7.59. The number of anilines is 1. The van der Waals surface area contributed by atoms with E-state index in [2.05, 4.69) is 15.3 Å². The Morgan fingerprint density at radius 2 is 1.90 bits per heavy atom. The molecule has 212 valence electrons. The molecule has 3 N–H and O–H groups in total. The number of nitrogen functional groups attached to an aromatic ring is 1. The summed E-state index contributed by atoms with van der Waals surface area (Å²) in [6.07, 6.45) is 0.411. The van der Waals surface area contributed by atoms with Gasteiger partial charge in [-0.15, -0.1) is 11.3 Å². The molecule has 13 heteroatoms. The number of benzene rings is 1. The molecule has 4 aromatic rings. The maximum atomic E-state index is 14.0. The minimum Gasteiger partial charge on any atom is -0.384 e. The predicted molar refractivity (Wildman–Crippen MR) is 145 cm³/mol. The van der Waals surface area contributed by atoms with E-state index in [9.17, 15) is 31.5 Å². The van der Waals surface area contributed by atoms with Crippen LogP contribution < -0.4 is 11.1 Å². The van der Waals surface area contributed by atoms with Crippen molar-refractivity contribution in [1.82, 2.24) is 20.2 Å². The van der Waals surface area contributed by atoms with Gasteiger partial charge in [0.25, 0.3) is 11.8 Å². The number of carbonyl (C=O) groups is 2. The Hall–Kier alpha value is -4.39. The van der Waals surface area contributed by atoms with Crippen LogP contribution in [0.1, 0.15) is 32.8 Å². The molecule has 41 heavy (non-hydrogen) atoms. The largest absolute Gasteiger partial charge is 0.417 e. The number of hydrogen-bond acceptors (Lipinski definition) is 6. The molecular formula is C28H22F5N5O2S. The van der Waals surface area contributed by atoms with Crippen LogP contribution in [0.3, 0.4) is 0 Å². The fourth-order valence-corrected chi connectivity index (χ4v) is 5.47. The van der Waals surface area contributed by atoms with Gasteiger partial charge in [-0.2, -0.15) is 13.2 Å². The third kappa shape index (κ3) is 6.51. The minimum absolute atomic E-state index is 0.00995. The van der Waals surface area contributed by atoms with Gasteiger partial charge in [0.05, 0.1) is 29.9 Å². The Labute approximate surface area is 234 Å². The van der Waals surface area contributed by atoms with Gasteiger partial charge < -0.3 is 16.0 Å². The van der Waals surface area contributed by atoms with E-state index in [0.29, 0.717) is 21.6 Å². The second-order valence-electron chi connectivity index (χ2n) is 9.48. The maximum absolute atomic E-state index is 14.0. The number of likely N-dealkylation sites (tertiary alicyclic amines) is 1. The topological polar surface area (TPSA) is 101 Å². The first-order valence-corrected chi connectivity index (χ1v) is 13.1. The first kappa shape index (κ1) is 28.1. The summed E-state index contributed by atoms with van der Waals surface area (Å²) in [5, 5.41) is 2.97. The summed E-state index contributed by atoms with van der Waals surface area (Å²) < 4.78 is 69.0. The van der Waals surface area contributed by atoms with E-state index in [0.717, 1.165) is 22.3 Å². The number of nitrogens with zero attached hydrogens (tertiary/aromatic N) is 3. The normalized spacial score (nSPS) is 15.1. The van der Waals surface area contributed by atoms with Crippen LogP contribution in [0.2, 0.25) is 0 Å². The van der Waals surface area contributed by atoms with E-state index in [1.54, 1.807) is 24.3 Å². The van der Waals surface area contributed by atoms with Crippen LogP contribution in [0.4, 0.5) is 27.8 Å². The SMILES string of the molecule is Nc1ccc(/C=C/C(=O)NCc2cc3cc(-c4ccc(C(=O)N5CCC(F)(F)C5)cn4)cc(C(F)(F)F)c3s2)cn1. The Kier molecular flexibility index (Phi) is 7.47. The first-order valence-electron chi connectivity index (χ1n) is 12.3. The van der Waals surface area contributed by atoms with Gasteiger partial charge in [-0.3, -0.25) is 14.6 Å². The summed E-state index contributed by atoms with van der Waals surface area (Å²) in [7, 11) is 0. The van der Waals surface area contributed by atoms with Crippen LogP contribution in [0.25, 0.3) is 27.4 Å². The van der Waals surface area contributed by atoms with Crippen LogP contribution in [-0.2, 0) is 17.5 Å². The molecule has 4 heterocycles. The number of nitrogens with two attached hydrogens (primary N) is 1. The second kappa shape index (κ2) is 10.9. The monoisotopic (exact) mass is 587 g/mol. The highest BCUT2D eigenvalue weighted by Crippen LogP contribution is 2.41. The van der Waals surface area contributed by atoms with E-state index >= 15 is 0 Å². The number of hydrogen-bond donors (Lipinski definition) is 2. The van der Waals surface area contributed by atoms with E-state index < -0.39 is 42.4 Å². The summed E-state index contributed by atoms with van der Waals surface area (Å²) >= 11 is 0.918. The quantitative estimate of drug-likeness (QED) is 0.220. The molecule has 5 rings (SSSR count). The first-order chi connectivity index (χ1) is 19.4. The van der Waals surface area contributed by atoms with E-state index in [4.69, 9.17) is 5.73 Å². The molecule has 1 aliphatic heterocycles. The van der Waals surface area contributed by atoms with Gasteiger partial charge >= 0.3 is 6.18 Å². The fourth-order valence-electron chi connectivity index (χ4n) is 4.36. The van der Waals surface area contributed by atoms with Crippen LogP contribution >= 0.6 is 11.3 Å². The Morgan fingerprint density at radius 3 is 2.54 bits per heavy atom. The molecule has 0 saturated carbocycles. The lowest BCUT2D eigenvalue weighted by atomic mass is 10.0. The van der Waals surface area contributed by atoms with Gasteiger partial charge in [-0.1, -0.05) is 0 Å². The second-order valence-corrected chi connectivity index (χ2v) is 10.6. The number of fused-ring (bicyclic) bond motifs is 1. The van der Waals surface area contributed by atoms with Gasteiger partial charge in [-0.05, 0) is 59.5 Å². The third-order valence-electron chi connectivity index (χ3n) is 6.41. The fraction of sp³-hybridized carbons (Fsp3) is 0.214. The molecule has 1 fully saturated rings. The average Bonchev–Trinajstić information content (AvgIpc) is 3.52. The molecular weight excluding hydrogens is 565 g/mol. The number of nitrogens with one attached hydrogen (secondary N) is 1. The van der Waals surface area contributed by atoms with Crippen molar-refractivity contribution >= 4 is 45.1 Å². The number of alkyl halides is 5. The molecule has 0 unspecified atom stereocenters. The Bertz CT molecular complexity index is 1630. The summed E-state index contributed by atoms with van der Waals surface area (Å²) in [4.78, 5) is 34.4. The smallest absolute Gasteiger partial charge is 0.384 e. The molecule has 2 amide bonds. The van der Waals surface area contributed by atoms with Crippen LogP contribution in [0.15, 0.2) is 60.9 Å². The highest BCUT2D eigenvalue weighted by atomic mass is 32.1. The standard InChI is InChI=1S/C28H22F5N5O2S/c29-27(30)7-8-38(15-27)26(40)17-3-4-22(35-13-17)18-9-19-10-20(41-25(19)21(11-18)28(31,32)33)14-37-24(39)6-2-16-1-5-23(34)36-12-16/h1-6,9-13H,7-8,14-15H2,(H2,34,36)(H,37,39)/b6-2+. The number of amides is 2. The number of pyridine rings is 2. The Morgan fingerprint density at radius 1 is 1.10 bits per heavy atom. The number of halogens is 5. The van der Waals surface area contributed by atoms with Crippen molar-refractivity contribution < 1.29 is 31.5 Å². The molecule has 0 radical (unpaired) electrons. The van der Waals surface area contributed by atoms with Crippen LogP contribution in [0, 0.1) is 0 Å². The van der Waals surface area contributed by atoms with Crippen molar-refractivity contribution in [3.8, 4) is 11.3 Å². The summed E-state index contributed by atoms with van der Waals surface area (Å²) in [5.74, 6) is -3.65. The summed E-state index contributed by atoms with van der Waals surface area (Å²) in [6.45, 7) is -0.757. The van der Waals surface area contributed by atoms with Gasteiger partial charge in [0, 0.05) is 46.6 Å². The highest BCUT2D eigenvalue weighted by molar-refractivity contribution is 7.19. The average molecular weight is 588 g/mol. The van der Waals surface area contributed by atoms with Gasteiger partial charge in [0.15, 0.2) is 0 Å². The molecule has 1 aliphatic rings. The summed E-state index contributed by atoms with van der Waals surface area (Å²) in [6, 6.07) is 10.1. The molecule has 1 aromatic carbocycles. The van der Waals surface area contributed by atoms with E-state index in [1.807, 2.05) is 0 Å². The molecule has 0 bridgehead atoms. The number of carbonyl (C=O) groups excluding carboxylic acids is 2.